The summed E-state index contributed by atoms with van der Waals surface area (Å²) < 4.78 is 61.3. The third kappa shape index (κ3) is 40.2. The smallest absolute Gasteiger partial charge is 0.407 e. The van der Waals surface area contributed by atoms with Gasteiger partial charge < -0.3 is 116 Å². The first kappa shape index (κ1) is 114. The molecule has 4 aliphatic rings. The van der Waals surface area contributed by atoms with Crippen molar-refractivity contribution in [1.82, 2.24) is 69.1 Å². The molecule has 4 fully saturated rings. The molecule has 20 unspecified atom stereocenters. The minimum atomic E-state index is -1.01. The summed E-state index contributed by atoms with van der Waals surface area (Å²) in [6.07, 6.45) is 6.58. The summed E-state index contributed by atoms with van der Waals surface area (Å²) in [6.45, 7) is 32.1. The van der Waals surface area contributed by atoms with Gasteiger partial charge in [-0.15, -0.1) is 0 Å². The molecule has 13 N–H and O–H groups in total. The third-order valence-electron chi connectivity index (χ3n) is 26.2. The van der Waals surface area contributed by atoms with Gasteiger partial charge in [-0.2, -0.15) is 0 Å². The maximum absolute atomic E-state index is 14.2. The summed E-state index contributed by atoms with van der Waals surface area (Å²) in [5, 5.41) is 37.6. The molecule has 756 valence electrons. The molecule has 0 aromatic heterocycles. The lowest BCUT2D eigenvalue weighted by atomic mass is 9.81. The van der Waals surface area contributed by atoms with Gasteiger partial charge in [-0.05, 0) is 187 Å². The van der Waals surface area contributed by atoms with Gasteiger partial charge in [0.2, 0.25) is 59.1 Å². The molecule has 22 atom stereocenters. The molecule has 6 rings (SSSR count). The summed E-state index contributed by atoms with van der Waals surface area (Å²) >= 11 is 0. The molecule has 2 aromatic carbocycles. The van der Waals surface area contributed by atoms with Crippen molar-refractivity contribution in [2.45, 2.75) is 344 Å². The summed E-state index contributed by atoms with van der Waals surface area (Å²) in [7, 11) is 0. The molecule has 0 spiro atoms. The van der Waals surface area contributed by atoms with E-state index in [1.807, 2.05) is 44.2 Å². The van der Waals surface area contributed by atoms with Gasteiger partial charge in [0.1, 0.15) is 31.0 Å². The van der Waals surface area contributed by atoms with Gasteiger partial charge in [0.15, 0.2) is 25.2 Å². The minimum absolute atomic E-state index is 0.0135. The Morgan fingerprint density at radius 3 is 0.978 bits per heavy atom. The van der Waals surface area contributed by atoms with Crippen molar-refractivity contribution >= 4 is 77.0 Å². The van der Waals surface area contributed by atoms with Crippen LogP contribution in [0.1, 0.15) is 278 Å². The summed E-state index contributed by atoms with van der Waals surface area (Å²) in [5.74, 6) is -2.87. The lowest BCUT2D eigenvalue weighted by Gasteiger charge is -2.44. The highest BCUT2D eigenvalue weighted by molar-refractivity contribution is 6.00. The fourth-order valence-corrected chi connectivity index (χ4v) is 17.6. The van der Waals surface area contributed by atoms with Gasteiger partial charge in [0.05, 0.1) is 55.1 Å². The standard InChI is InChI=1S/C98H161N13O23/c1-17-78-60(5)64(9)86(106-68(13)112)94(131-78)126-51-32-26-40-82(116)99-44-30-24-38-76(110-84(118)42-28-34-53-128-96-88(108-70(15)114)66(11)62(7)80(19-3)133-96)92(122)103-48-46-101-90(120)73-56-74(58-75(57-73)125-55-50-105-98(124)130-59-72-36-22-21-23-37-72)91(121)102-47-49-104-93(123)77(111-85(119)43-29-35-54-129-97-89(109-71(16)115)67(12)63(8)81(20-4)134-97)39-25-31-45-100-83(117)41-27-33-52-127-95-87(107-69(14)113)65(10)61(6)79(18-2)132-95/h21-23,36-37,56-58,60-67,76-81,86-89,94-97H,17-20,24-35,38-55,59H2,1-16H3,(H,99,116)(H,100,117)(H,101,120)(H,102,121)(H,103,122)(H,104,123)(H,105,124)(H,106,112)(H,107,113)(H,108,114)(H,109,115)(H,110,118)(H,111,119)/t60?,61?,62?,63?,64?,65?,66?,67?,76-,77-,78?,79?,80?,81?,86?,87?,88?,89?,94?,95?,96?,97?/m0/s1. The van der Waals surface area contributed by atoms with E-state index >= 15 is 0 Å². The summed E-state index contributed by atoms with van der Waals surface area (Å²) in [5.41, 5.74) is 0.747. The van der Waals surface area contributed by atoms with Crippen LogP contribution < -0.4 is 73.9 Å². The molecule has 134 heavy (non-hydrogen) atoms. The van der Waals surface area contributed by atoms with Crippen molar-refractivity contribution in [3.63, 3.8) is 0 Å². The van der Waals surface area contributed by atoms with Crippen molar-refractivity contribution in [3.05, 3.63) is 65.2 Å². The van der Waals surface area contributed by atoms with Crippen LogP contribution in [0, 0.1) is 47.3 Å². The SMILES string of the molecule is CCC1OC(OCCCCC(=O)NCCCC[C@H](NC(=O)CCCCOC2OC(CC)C(C)C(C)C2NC(C)=O)C(=O)NCCNC(=O)c2cc(OCCNC(=O)OCc3ccccc3)cc(C(=O)NCCNC(=O)[C@H](CCCCNC(=O)CCCCOC3OC(CC)C(C)C(C)C3NC(C)=O)NC(=O)CCCCOC3OC(CC)C(C)C(C)C3NC(C)=O)c2)C(NC(C)=O)C(C)C1C. The van der Waals surface area contributed by atoms with Crippen LogP contribution >= 0.6 is 0 Å². The molecule has 36 heteroatoms. The second-order valence-corrected chi connectivity index (χ2v) is 36.5. The first-order valence-electron chi connectivity index (χ1n) is 49.3. The number of alkyl carbamates (subject to hydrolysis) is 1. The van der Waals surface area contributed by atoms with E-state index in [1.54, 1.807) is 0 Å². The zero-order valence-corrected chi connectivity index (χ0v) is 82.5. The fourth-order valence-electron chi connectivity index (χ4n) is 17.6. The molecule has 4 heterocycles. The van der Waals surface area contributed by atoms with Crippen LogP contribution in [0.15, 0.2) is 48.5 Å². The lowest BCUT2D eigenvalue weighted by Crippen LogP contribution is -2.57. The van der Waals surface area contributed by atoms with Crippen LogP contribution in [0.5, 0.6) is 5.75 Å². The van der Waals surface area contributed by atoms with E-state index in [9.17, 15) is 62.3 Å². The third-order valence-corrected chi connectivity index (χ3v) is 26.2. The van der Waals surface area contributed by atoms with Gasteiger partial charge >= 0.3 is 6.09 Å². The average molecular weight is 1890 g/mol. The van der Waals surface area contributed by atoms with E-state index in [0.29, 0.717) is 103 Å². The second-order valence-electron chi connectivity index (χ2n) is 36.5. The molecule has 0 aliphatic carbocycles. The van der Waals surface area contributed by atoms with Crippen molar-refractivity contribution in [2.75, 3.05) is 78.8 Å². The van der Waals surface area contributed by atoms with Crippen LogP contribution in [0.3, 0.4) is 0 Å². The number of unbranched alkanes of at least 4 members (excludes halogenated alkanes) is 6. The van der Waals surface area contributed by atoms with Crippen molar-refractivity contribution < 1.29 is 110 Å². The highest BCUT2D eigenvalue weighted by Crippen LogP contribution is 2.37. The van der Waals surface area contributed by atoms with E-state index in [-0.39, 0.29) is 258 Å². The number of hydrogen-bond donors (Lipinski definition) is 13. The number of nitrogens with one attached hydrogen (secondary N) is 13. The van der Waals surface area contributed by atoms with Crippen molar-refractivity contribution in [1.29, 1.82) is 0 Å². The lowest BCUT2D eigenvalue weighted by molar-refractivity contribution is -0.236. The van der Waals surface area contributed by atoms with Crippen LogP contribution in [-0.4, -0.2) is 242 Å². The van der Waals surface area contributed by atoms with E-state index in [4.69, 9.17) is 47.4 Å². The molecule has 0 saturated carbocycles. The predicted molar refractivity (Wildman–Crippen MR) is 504 cm³/mol. The number of carbonyl (C=O) groups is 13. The first-order valence-corrected chi connectivity index (χ1v) is 49.3. The van der Waals surface area contributed by atoms with Gasteiger partial charge in [-0.1, -0.05) is 113 Å². The maximum atomic E-state index is 14.2. The highest BCUT2D eigenvalue weighted by atomic mass is 16.7. The number of carbonyl (C=O) groups excluding carboxylic acids is 13. The molecule has 4 aliphatic heterocycles. The van der Waals surface area contributed by atoms with Crippen LogP contribution in [0.25, 0.3) is 0 Å². The van der Waals surface area contributed by atoms with Crippen molar-refractivity contribution in [2.24, 2.45) is 47.3 Å². The molecular weight excluding hydrogens is 1730 g/mol. The summed E-state index contributed by atoms with van der Waals surface area (Å²) in [4.78, 5) is 171. The van der Waals surface area contributed by atoms with Gasteiger partial charge in [0.25, 0.3) is 11.8 Å². The molecule has 13 amide bonds. The molecule has 0 bridgehead atoms. The number of amides is 13. The molecule has 2 aromatic rings. The summed E-state index contributed by atoms with van der Waals surface area (Å²) in [6, 6.07) is 9.90. The van der Waals surface area contributed by atoms with Crippen LogP contribution in [-0.2, 0) is 97.2 Å². The Kier molecular flexibility index (Phi) is 52.4. The molecular formula is C98H161N13O23. The predicted octanol–water partition coefficient (Wildman–Crippen LogP) is 8.62. The Balaban J connectivity index is 1.06. The van der Waals surface area contributed by atoms with Gasteiger partial charge in [0, 0.05) is 130 Å². The zero-order valence-electron chi connectivity index (χ0n) is 82.5. The first-order chi connectivity index (χ1) is 64.2. The molecule has 4 saturated heterocycles. The fraction of sp³-hybridized carbons (Fsp3) is 0.745. The highest BCUT2D eigenvalue weighted by Gasteiger charge is 2.46. The monoisotopic (exact) mass is 1890 g/mol. The zero-order chi connectivity index (χ0) is 98.2. The second kappa shape index (κ2) is 61.8. The number of benzene rings is 2. The van der Waals surface area contributed by atoms with Gasteiger partial charge in [-0.25, -0.2) is 4.79 Å². The quantitative estimate of drug-likeness (QED) is 0.0275. The van der Waals surface area contributed by atoms with E-state index in [2.05, 4.69) is 138 Å². The number of rotatable bonds is 60. The van der Waals surface area contributed by atoms with E-state index in [1.165, 1.54) is 45.9 Å². The van der Waals surface area contributed by atoms with Crippen LogP contribution in [0.2, 0.25) is 0 Å². The minimum Gasteiger partial charge on any atom is -0.492 e. The Labute approximate surface area is 793 Å². The number of ether oxygens (including phenoxy) is 10. The molecule has 36 nitrogen and oxygen atoms in total. The molecule has 0 radical (unpaired) electrons. The van der Waals surface area contributed by atoms with Gasteiger partial charge in [-0.3, -0.25) is 57.5 Å². The van der Waals surface area contributed by atoms with Crippen molar-refractivity contribution in [3.8, 4) is 5.75 Å². The Morgan fingerprint density at radius 2 is 0.657 bits per heavy atom. The Bertz CT molecular complexity index is 3740. The Hall–Kier alpha value is -9.17. The maximum Gasteiger partial charge on any atom is 0.407 e. The Morgan fingerprint density at radius 1 is 0.336 bits per heavy atom. The van der Waals surface area contributed by atoms with E-state index < -0.39 is 67.0 Å². The largest absolute Gasteiger partial charge is 0.492 e. The van der Waals surface area contributed by atoms with Crippen LogP contribution in [0.4, 0.5) is 4.79 Å². The topological polar surface area (TPSA) is 471 Å². The average Bonchev–Trinajstić information content (AvgIpc) is 0.820. The normalized spacial score (nSPS) is 25.3. The number of hydrogen-bond acceptors (Lipinski definition) is 23. The van der Waals surface area contributed by atoms with E-state index in [0.717, 1.165) is 31.2 Å².